The molecule has 1 aromatic heterocycles. The van der Waals surface area contributed by atoms with Gasteiger partial charge in [0.1, 0.15) is 0 Å². The third kappa shape index (κ3) is 2.37. The van der Waals surface area contributed by atoms with E-state index < -0.39 is 0 Å². The maximum atomic E-state index is 6.33. The predicted octanol–water partition coefficient (Wildman–Crippen LogP) is 3.05. The van der Waals surface area contributed by atoms with E-state index in [0.29, 0.717) is 0 Å². The standard InChI is InChI=1S/C15H18N2/c1-10-5-4-6-14(12(10)3)15(16)13-7-8-17-11(2)9-13/h4-9,15H,16H2,1-3H3. The monoisotopic (exact) mass is 226 g/mol. The number of hydrogen-bond acceptors (Lipinski definition) is 2. The average Bonchev–Trinajstić information content (AvgIpc) is 2.32. The molecule has 2 aromatic rings. The van der Waals surface area contributed by atoms with Crippen molar-refractivity contribution in [3.63, 3.8) is 0 Å². The van der Waals surface area contributed by atoms with Crippen LogP contribution in [0, 0.1) is 20.8 Å². The summed E-state index contributed by atoms with van der Waals surface area (Å²) in [7, 11) is 0. The highest BCUT2D eigenvalue weighted by Crippen LogP contribution is 2.24. The molecule has 0 aliphatic carbocycles. The number of nitrogens with two attached hydrogens (primary N) is 1. The molecular formula is C15H18N2. The number of aromatic nitrogens is 1. The minimum Gasteiger partial charge on any atom is -0.320 e. The van der Waals surface area contributed by atoms with Crippen LogP contribution in [-0.4, -0.2) is 4.98 Å². The summed E-state index contributed by atoms with van der Waals surface area (Å²) < 4.78 is 0. The van der Waals surface area contributed by atoms with Crippen LogP contribution < -0.4 is 5.73 Å². The highest BCUT2D eigenvalue weighted by molar-refractivity contribution is 5.40. The SMILES string of the molecule is Cc1cc(C(N)c2cccc(C)c2C)ccn1. The molecular weight excluding hydrogens is 208 g/mol. The molecule has 88 valence electrons. The lowest BCUT2D eigenvalue weighted by Crippen LogP contribution is -2.14. The third-order valence-corrected chi connectivity index (χ3v) is 3.26. The Bertz CT molecular complexity index is 532. The number of benzene rings is 1. The lowest BCUT2D eigenvalue weighted by Gasteiger charge is -2.16. The largest absolute Gasteiger partial charge is 0.320 e. The van der Waals surface area contributed by atoms with E-state index in [2.05, 4.69) is 37.0 Å². The van der Waals surface area contributed by atoms with Gasteiger partial charge in [0, 0.05) is 11.9 Å². The number of nitrogens with zero attached hydrogens (tertiary/aromatic N) is 1. The molecule has 0 fully saturated rings. The van der Waals surface area contributed by atoms with E-state index >= 15 is 0 Å². The van der Waals surface area contributed by atoms with Crippen LogP contribution in [0.25, 0.3) is 0 Å². The maximum Gasteiger partial charge on any atom is 0.0555 e. The number of hydrogen-bond donors (Lipinski definition) is 1. The van der Waals surface area contributed by atoms with Crippen molar-refractivity contribution in [1.29, 1.82) is 0 Å². The van der Waals surface area contributed by atoms with Crippen LogP contribution in [-0.2, 0) is 0 Å². The van der Waals surface area contributed by atoms with Crippen molar-refractivity contribution in [3.8, 4) is 0 Å². The van der Waals surface area contributed by atoms with Crippen molar-refractivity contribution < 1.29 is 0 Å². The van der Waals surface area contributed by atoms with Gasteiger partial charge in [0.2, 0.25) is 0 Å². The molecule has 1 atom stereocenters. The van der Waals surface area contributed by atoms with Crippen LogP contribution in [0.2, 0.25) is 0 Å². The zero-order valence-corrected chi connectivity index (χ0v) is 10.6. The Morgan fingerprint density at radius 3 is 2.59 bits per heavy atom. The second-order valence-electron chi connectivity index (χ2n) is 4.50. The van der Waals surface area contributed by atoms with E-state index in [-0.39, 0.29) is 6.04 Å². The summed E-state index contributed by atoms with van der Waals surface area (Å²) in [6.07, 6.45) is 1.82. The zero-order valence-electron chi connectivity index (χ0n) is 10.6. The van der Waals surface area contributed by atoms with Crippen LogP contribution in [0.5, 0.6) is 0 Å². The molecule has 0 aliphatic rings. The van der Waals surface area contributed by atoms with E-state index in [1.54, 1.807) is 0 Å². The normalized spacial score (nSPS) is 12.5. The van der Waals surface area contributed by atoms with Crippen LogP contribution in [0.4, 0.5) is 0 Å². The molecule has 2 heteroatoms. The van der Waals surface area contributed by atoms with Gasteiger partial charge in [-0.3, -0.25) is 4.98 Å². The van der Waals surface area contributed by atoms with Gasteiger partial charge in [0.05, 0.1) is 6.04 Å². The predicted molar refractivity (Wildman–Crippen MR) is 70.9 cm³/mol. The van der Waals surface area contributed by atoms with Gasteiger partial charge in [-0.1, -0.05) is 18.2 Å². The molecule has 0 saturated carbocycles. The minimum absolute atomic E-state index is 0.0726. The van der Waals surface area contributed by atoms with E-state index in [0.717, 1.165) is 11.3 Å². The van der Waals surface area contributed by atoms with Crippen LogP contribution in [0.1, 0.15) is 34.0 Å². The van der Waals surface area contributed by atoms with E-state index in [9.17, 15) is 0 Å². The Balaban J connectivity index is 2.44. The number of rotatable bonds is 2. The fourth-order valence-electron chi connectivity index (χ4n) is 2.05. The third-order valence-electron chi connectivity index (χ3n) is 3.26. The molecule has 1 unspecified atom stereocenters. The first-order valence-corrected chi connectivity index (χ1v) is 5.84. The molecule has 0 bridgehead atoms. The summed E-state index contributed by atoms with van der Waals surface area (Å²) in [4.78, 5) is 4.20. The van der Waals surface area contributed by atoms with Gasteiger partial charge >= 0.3 is 0 Å². The van der Waals surface area contributed by atoms with Gasteiger partial charge in [0.25, 0.3) is 0 Å². The second kappa shape index (κ2) is 4.68. The molecule has 0 radical (unpaired) electrons. The molecule has 0 aliphatic heterocycles. The Morgan fingerprint density at radius 2 is 1.88 bits per heavy atom. The number of aryl methyl sites for hydroxylation is 2. The smallest absolute Gasteiger partial charge is 0.0555 e. The van der Waals surface area contributed by atoms with Gasteiger partial charge in [0.15, 0.2) is 0 Å². The summed E-state index contributed by atoms with van der Waals surface area (Å²) >= 11 is 0. The summed E-state index contributed by atoms with van der Waals surface area (Å²) in [5.41, 5.74) is 12.2. The first-order valence-electron chi connectivity index (χ1n) is 5.84. The lowest BCUT2D eigenvalue weighted by molar-refractivity contribution is 0.852. The van der Waals surface area contributed by atoms with Crippen molar-refractivity contribution >= 4 is 0 Å². The van der Waals surface area contributed by atoms with Crippen LogP contribution in [0.3, 0.4) is 0 Å². The molecule has 1 heterocycles. The average molecular weight is 226 g/mol. The maximum absolute atomic E-state index is 6.33. The Labute approximate surface area is 103 Å². The highest BCUT2D eigenvalue weighted by Gasteiger charge is 2.12. The second-order valence-corrected chi connectivity index (χ2v) is 4.50. The zero-order chi connectivity index (χ0) is 12.4. The fraction of sp³-hybridized carbons (Fsp3) is 0.267. The summed E-state index contributed by atoms with van der Waals surface area (Å²) in [5.74, 6) is 0. The van der Waals surface area contributed by atoms with E-state index in [1.165, 1.54) is 16.7 Å². The molecule has 2 rings (SSSR count). The molecule has 0 spiro atoms. The van der Waals surface area contributed by atoms with Crippen molar-refractivity contribution in [2.45, 2.75) is 26.8 Å². The Morgan fingerprint density at radius 1 is 1.12 bits per heavy atom. The van der Waals surface area contributed by atoms with E-state index in [4.69, 9.17) is 5.73 Å². The molecule has 2 nitrogen and oxygen atoms in total. The number of pyridine rings is 1. The Kier molecular flexibility index (Phi) is 3.25. The first-order chi connectivity index (χ1) is 8.09. The fourth-order valence-corrected chi connectivity index (χ4v) is 2.05. The Hall–Kier alpha value is -1.67. The summed E-state index contributed by atoms with van der Waals surface area (Å²) in [5, 5.41) is 0. The van der Waals surface area contributed by atoms with Gasteiger partial charge in [-0.05, 0) is 55.2 Å². The first kappa shape index (κ1) is 11.8. The van der Waals surface area contributed by atoms with Crippen molar-refractivity contribution in [1.82, 2.24) is 4.98 Å². The minimum atomic E-state index is -0.0726. The lowest BCUT2D eigenvalue weighted by atomic mass is 9.93. The van der Waals surface area contributed by atoms with Crippen molar-refractivity contribution in [2.75, 3.05) is 0 Å². The molecule has 2 N–H and O–H groups in total. The van der Waals surface area contributed by atoms with Crippen molar-refractivity contribution in [3.05, 3.63) is 64.5 Å². The quantitative estimate of drug-likeness (QED) is 0.854. The van der Waals surface area contributed by atoms with Gasteiger partial charge in [-0.25, -0.2) is 0 Å². The molecule has 0 amide bonds. The highest BCUT2D eigenvalue weighted by atomic mass is 14.7. The van der Waals surface area contributed by atoms with Crippen LogP contribution in [0.15, 0.2) is 36.5 Å². The summed E-state index contributed by atoms with van der Waals surface area (Å²) in [6.45, 7) is 6.22. The van der Waals surface area contributed by atoms with Gasteiger partial charge in [-0.2, -0.15) is 0 Å². The molecule has 1 aromatic carbocycles. The van der Waals surface area contributed by atoms with Crippen LogP contribution >= 0.6 is 0 Å². The van der Waals surface area contributed by atoms with Crippen molar-refractivity contribution in [2.24, 2.45) is 5.73 Å². The topological polar surface area (TPSA) is 38.9 Å². The summed E-state index contributed by atoms with van der Waals surface area (Å²) in [6, 6.07) is 10.2. The van der Waals surface area contributed by atoms with Gasteiger partial charge < -0.3 is 5.73 Å². The molecule has 0 saturated heterocycles. The van der Waals surface area contributed by atoms with Gasteiger partial charge in [-0.15, -0.1) is 0 Å². The molecule has 17 heavy (non-hydrogen) atoms. The van der Waals surface area contributed by atoms with E-state index in [1.807, 2.05) is 25.3 Å².